The van der Waals surface area contributed by atoms with E-state index in [0.717, 1.165) is 0 Å². The van der Waals surface area contributed by atoms with Crippen LogP contribution in [0.15, 0.2) is 0 Å². The highest BCUT2D eigenvalue weighted by Crippen LogP contribution is 2.20. The van der Waals surface area contributed by atoms with Crippen molar-refractivity contribution >= 4 is 21.7 Å². The fourth-order valence-electron chi connectivity index (χ4n) is 2.33. The van der Waals surface area contributed by atoms with Crippen LogP contribution in [0.3, 0.4) is 0 Å². The fraction of sp³-hybridized carbons (Fsp3) is 0.833. The minimum atomic E-state index is -3.12. The van der Waals surface area contributed by atoms with Gasteiger partial charge in [0.25, 0.3) is 0 Å². The molecule has 20 heavy (non-hydrogen) atoms. The van der Waals surface area contributed by atoms with E-state index in [4.69, 9.17) is 5.11 Å². The van der Waals surface area contributed by atoms with Crippen LogP contribution in [-0.4, -0.2) is 66.5 Å². The standard InChI is InChI=1S/C12H22N2O5S/c1-8(2)13-12(17)9(3)14(6-11(15)16)10-4-5-20(18,19)7-10/h8-10H,4-7H2,1-3H3,(H,13,17)(H,15,16). The Hall–Kier alpha value is -1.15. The van der Waals surface area contributed by atoms with E-state index in [2.05, 4.69) is 5.32 Å². The minimum absolute atomic E-state index is 0.0479. The second kappa shape index (κ2) is 6.53. The Balaban J connectivity index is 2.84. The van der Waals surface area contributed by atoms with Crippen LogP contribution in [0, 0.1) is 0 Å². The molecule has 1 saturated heterocycles. The molecule has 2 N–H and O–H groups in total. The zero-order chi connectivity index (χ0) is 15.5. The van der Waals surface area contributed by atoms with Gasteiger partial charge in [0, 0.05) is 12.1 Å². The number of carboxylic acids is 1. The summed E-state index contributed by atoms with van der Waals surface area (Å²) in [5.41, 5.74) is 0. The van der Waals surface area contributed by atoms with E-state index in [1.165, 1.54) is 4.90 Å². The van der Waals surface area contributed by atoms with Crippen LogP contribution in [0.25, 0.3) is 0 Å². The van der Waals surface area contributed by atoms with E-state index in [1.807, 2.05) is 13.8 Å². The summed E-state index contributed by atoms with van der Waals surface area (Å²) in [5.74, 6) is -1.39. The van der Waals surface area contributed by atoms with Gasteiger partial charge in [-0.25, -0.2) is 8.42 Å². The zero-order valence-corrected chi connectivity index (χ0v) is 12.8. The van der Waals surface area contributed by atoms with Crippen molar-refractivity contribution in [3.63, 3.8) is 0 Å². The van der Waals surface area contributed by atoms with Gasteiger partial charge in [0.05, 0.1) is 24.1 Å². The van der Waals surface area contributed by atoms with E-state index >= 15 is 0 Å². The van der Waals surface area contributed by atoms with Gasteiger partial charge in [-0.05, 0) is 27.2 Å². The van der Waals surface area contributed by atoms with Gasteiger partial charge >= 0.3 is 5.97 Å². The normalized spacial score (nSPS) is 22.9. The third-order valence-corrected chi connectivity index (χ3v) is 5.05. The summed E-state index contributed by atoms with van der Waals surface area (Å²) in [7, 11) is -3.12. The second-order valence-electron chi connectivity index (χ2n) is 5.46. The van der Waals surface area contributed by atoms with Crippen molar-refractivity contribution in [2.24, 2.45) is 0 Å². The van der Waals surface area contributed by atoms with Gasteiger partial charge in [-0.3, -0.25) is 14.5 Å². The average molecular weight is 306 g/mol. The lowest BCUT2D eigenvalue weighted by Gasteiger charge is -2.31. The van der Waals surface area contributed by atoms with Crippen LogP contribution in [0.5, 0.6) is 0 Å². The van der Waals surface area contributed by atoms with Gasteiger partial charge in [-0.15, -0.1) is 0 Å². The first-order valence-electron chi connectivity index (χ1n) is 6.60. The maximum atomic E-state index is 12.0. The Morgan fingerprint density at radius 2 is 1.95 bits per heavy atom. The van der Waals surface area contributed by atoms with Crippen molar-refractivity contribution in [1.29, 1.82) is 0 Å². The number of sulfone groups is 1. The highest BCUT2D eigenvalue weighted by Gasteiger charge is 2.37. The van der Waals surface area contributed by atoms with Crippen LogP contribution in [0.2, 0.25) is 0 Å². The van der Waals surface area contributed by atoms with Gasteiger partial charge < -0.3 is 10.4 Å². The molecule has 0 spiro atoms. The molecule has 0 aromatic carbocycles. The van der Waals surface area contributed by atoms with E-state index in [0.29, 0.717) is 6.42 Å². The van der Waals surface area contributed by atoms with Crippen molar-refractivity contribution < 1.29 is 23.1 Å². The molecule has 1 heterocycles. The van der Waals surface area contributed by atoms with Crippen molar-refractivity contribution in [3.8, 4) is 0 Å². The lowest BCUT2D eigenvalue weighted by molar-refractivity contribution is -0.140. The molecule has 1 amide bonds. The van der Waals surface area contributed by atoms with E-state index in [-0.39, 0.29) is 30.0 Å². The SMILES string of the molecule is CC(C)NC(=O)C(C)N(CC(=O)O)C1CCS(=O)(=O)C1. The molecule has 2 unspecified atom stereocenters. The largest absolute Gasteiger partial charge is 0.480 e. The van der Waals surface area contributed by atoms with Crippen molar-refractivity contribution in [2.75, 3.05) is 18.1 Å². The molecular formula is C12H22N2O5S. The number of nitrogens with one attached hydrogen (secondary N) is 1. The molecule has 2 atom stereocenters. The minimum Gasteiger partial charge on any atom is -0.480 e. The molecule has 0 aliphatic carbocycles. The molecule has 0 saturated carbocycles. The Morgan fingerprint density at radius 1 is 1.35 bits per heavy atom. The van der Waals surface area contributed by atoms with Crippen LogP contribution >= 0.6 is 0 Å². The monoisotopic (exact) mass is 306 g/mol. The van der Waals surface area contributed by atoms with Gasteiger partial charge in [-0.1, -0.05) is 0 Å². The lowest BCUT2D eigenvalue weighted by atomic mass is 10.1. The summed E-state index contributed by atoms with van der Waals surface area (Å²) in [4.78, 5) is 24.4. The van der Waals surface area contributed by atoms with Crippen molar-refractivity contribution in [2.45, 2.75) is 45.3 Å². The van der Waals surface area contributed by atoms with E-state index in [9.17, 15) is 18.0 Å². The molecule has 1 fully saturated rings. The highest BCUT2D eigenvalue weighted by molar-refractivity contribution is 7.91. The van der Waals surface area contributed by atoms with Crippen LogP contribution < -0.4 is 5.32 Å². The Kier molecular flexibility index (Phi) is 5.52. The van der Waals surface area contributed by atoms with Crippen LogP contribution in [0.4, 0.5) is 0 Å². The topological polar surface area (TPSA) is 104 Å². The first kappa shape index (κ1) is 16.9. The highest BCUT2D eigenvalue weighted by atomic mass is 32.2. The summed E-state index contributed by atoms with van der Waals surface area (Å²) in [6, 6.07) is -1.14. The molecule has 0 aromatic rings. The third kappa shape index (κ3) is 4.75. The molecule has 0 bridgehead atoms. The summed E-state index contributed by atoms with van der Waals surface area (Å²) in [5, 5.41) is 11.7. The molecule has 1 aliphatic rings. The molecule has 7 nitrogen and oxygen atoms in total. The number of carbonyl (C=O) groups is 2. The quantitative estimate of drug-likeness (QED) is 0.684. The summed E-state index contributed by atoms with van der Waals surface area (Å²) < 4.78 is 23.1. The third-order valence-electron chi connectivity index (χ3n) is 3.30. The van der Waals surface area contributed by atoms with E-state index in [1.54, 1.807) is 6.92 Å². The molecule has 0 radical (unpaired) electrons. The van der Waals surface area contributed by atoms with E-state index < -0.39 is 27.9 Å². The molecule has 1 rings (SSSR count). The van der Waals surface area contributed by atoms with Gasteiger partial charge in [0.15, 0.2) is 9.84 Å². The maximum Gasteiger partial charge on any atom is 0.317 e. The summed E-state index contributed by atoms with van der Waals surface area (Å²) in [6.07, 6.45) is 0.370. The number of hydrogen-bond acceptors (Lipinski definition) is 5. The predicted molar refractivity (Wildman–Crippen MR) is 74.1 cm³/mol. The average Bonchev–Trinajstić information content (AvgIpc) is 2.64. The molecule has 0 aromatic heterocycles. The molecule has 116 valence electrons. The number of nitrogens with zero attached hydrogens (tertiary/aromatic N) is 1. The smallest absolute Gasteiger partial charge is 0.317 e. The number of hydrogen-bond donors (Lipinski definition) is 2. The van der Waals surface area contributed by atoms with Crippen molar-refractivity contribution in [1.82, 2.24) is 10.2 Å². The maximum absolute atomic E-state index is 12.0. The zero-order valence-electron chi connectivity index (χ0n) is 12.0. The van der Waals surface area contributed by atoms with Gasteiger partial charge in [0.2, 0.25) is 5.91 Å². The Labute approximate surface area is 119 Å². The summed E-state index contributed by atoms with van der Waals surface area (Å²) in [6.45, 7) is 4.89. The molecular weight excluding hydrogens is 284 g/mol. The van der Waals surface area contributed by atoms with Crippen molar-refractivity contribution in [3.05, 3.63) is 0 Å². The number of aliphatic carboxylic acids is 1. The molecule has 1 aliphatic heterocycles. The lowest BCUT2D eigenvalue weighted by Crippen LogP contribution is -2.53. The second-order valence-corrected chi connectivity index (χ2v) is 7.69. The van der Waals surface area contributed by atoms with Gasteiger partial charge in [0.1, 0.15) is 0 Å². The van der Waals surface area contributed by atoms with Crippen LogP contribution in [0.1, 0.15) is 27.2 Å². The van der Waals surface area contributed by atoms with Crippen LogP contribution in [-0.2, 0) is 19.4 Å². The number of carboxylic acid groups (broad SMARTS) is 1. The fourth-order valence-corrected chi connectivity index (χ4v) is 4.07. The Morgan fingerprint density at radius 3 is 2.35 bits per heavy atom. The summed E-state index contributed by atoms with van der Waals surface area (Å²) >= 11 is 0. The number of carbonyl (C=O) groups excluding carboxylic acids is 1. The first-order valence-corrected chi connectivity index (χ1v) is 8.43. The Bertz CT molecular complexity index is 474. The number of rotatable bonds is 6. The first-order chi connectivity index (χ1) is 9.12. The predicted octanol–water partition coefficient (Wildman–Crippen LogP) is -0.527. The number of amides is 1. The molecule has 8 heteroatoms. The van der Waals surface area contributed by atoms with Gasteiger partial charge in [-0.2, -0.15) is 0 Å².